The standard InChI is InChI=1S/C25H33N3O3S/c1-16-10-12-28(13-11-16)15-22(29)27-25-23(18-9-8-17(2)14-21(18)32-25)24(30)26-19-6-4-5-7-20(19)31-3/h4-7,16-17H,8-15H2,1-3H3,(H,26,30)(H,27,29). The van der Waals surface area contributed by atoms with Crippen molar-refractivity contribution in [2.24, 2.45) is 11.8 Å². The van der Waals surface area contributed by atoms with E-state index in [1.165, 1.54) is 4.88 Å². The van der Waals surface area contributed by atoms with E-state index in [4.69, 9.17) is 4.74 Å². The van der Waals surface area contributed by atoms with Crippen LogP contribution in [0.3, 0.4) is 0 Å². The lowest BCUT2D eigenvalue weighted by molar-refractivity contribution is -0.117. The number of methoxy groups -OCH3 is 1. The van der Waals surface area contributed by atoms with Crippen molar-refractivity contribution in [2.45, 2.75) is 46.0 Å². The van der Waals surface area contributed by atoms with E-state index >= 15 is 0 Å². The Kier molecular flexibility index (Phi) is 7.16. The summed E-state index contributed by atoms with van der Waals surface area (Å²) < 4.78 is 5.39. The number of likely N-dealkylation sites (tertiary alicyclic amines) is 1. The smallest absolute Gasteiger partial charge is 0.259 e. The zero-order chi connectivity index (χ0) is 22.7. The summed E-state index contributed by atoms with van der Waals surface area (Å²) in [6.07, 6.45) is 5.13. The highest BCUT2D eigenvalue weighted by molar-refractivity contribution is 7.17. The van der Waals surface area contributed by atoms with Crippen molar-refractivity contribution in [3.05, 3.63) is 40.3 Å². The van der Waals surface area contributed by atoms with Gasteiger partial charge in [-0.15, -0.1) is 11.3 Å². The van der Waals surface area contributed by atoms with E-state index in [0.717, 1.165) is 56.7 Å². The highest BCUT2D eigenvalue weighted by Crippen LogP contribution is 2.40. The van der Waals surface area contributed by atoms with Gasteiger partial charge >= 0.3 is 0 Å². The van der Waals surface area contributed by atoms with Gasteiger partial charge in [0.2, 0.25) is 5.91 Å². The Morgan fingerprint density at radius 1 is 1.09 bits per heavy atom. The maximum Gasteiger partial charge on any atom is 0.259 e. The molecule has 1 saturated heterocycles. The van der Waals surface area contributed by atoms with Gasteiger partial charge in [-0.3, -0.25) is 14.5 Å². The summed E-state index contributed by atoms with van der Waals surface area (Å²) in [5.41, 5.74) is 2.33. The first-order valence-corrected chi connectivity index (χ1v) is 12.4. The SMILES string of the molecule is COc1ccccc1NC(=O)c1c(NC(=O)CN2CCC(C)CC2)sc2c1CCC(C)C2. The van der Waals surface area contributed by atoms with Crippen molar-refractivity contribution >= 4 is 33.8 Å². The number of nitrogens with zero attached hydrogens (tertiary/aromatic N) is 1. The molecule has 0 spiro atoms. The molecular weight excluding hydrogens is 422 g/mol. The monoisotopic (exact) mass is 455 g/mol. The van der Waals surface area contributed by atoms with Crippen LogP contribution >= 0.6 is 11.3 Å². The highest BCUT2D eigenvalue weighted by atomic mass is 32.1. The molecule has 1 aliphatic carbocycles. The van der Waals surface area contributed by atoms with E-state index in [1.807, 2.05) is 24.3 Å². The van der Waals surface area contributed by atoms with E-state index in [2.05, 4.69) is 29.4 Å². The summed E-state index contributed by atoms with van der Waals surface area (Å²) in [4.78, 5) is 29.7. The molecule has 2 aromatic rings. The molecule has 0 saturated carbocycles. The molecular formula is C25H33N3O3S. The Bertz CT molecular complexity index is 979. The number of carbonyl (C=O) groups excluding carboxylic acids is 2. The van der Waals surface area contributed by atoms with Crippen LogP contribution in [0.25, 0.3) is 0 Å². The third kappa shape index (κ3) is 5.15. The number of hydrogen-bond acceptors (Lipinski definition) is 5. The number of piperidine rings is 1. The van der Waals surface area contributed by atoms with Gasteiger partial charge in [0.05, 0.1) is 24.9 Å². The first kappa shape index (κ1) is 22.8. The molecule has 32 heavy (non-hydrogen) atoms. The van der Waals surface area contributed by atoms with Crippen LogP contribution < -0.4 is 15.4 Å². The molecule has 1 aromatic carbocycles. The Hall–Kier alpha value is -2.38. The minimum absolute atomic E-state index is 0.0439. The lowest BCUT2D eigenvalue weighted by Crippen LogP contribution is -2.38. The number of nitrogens with one attached hydrogen (secondary N) is 2. The summed E-state index contributed by atoms with van der Waals surface area (Å²) in [5.74, 6) is 1.69. The number of anilines is 2. The summed E-state index contributed by atoms with van der Waals surface area (Å²) in [5, 5.41) is 6.76. The fourth-order valence-electron chi connectivity index (χ4n) is 4.60. The summed E-state index contributed by atoms with van der Waals surface area (Å²) in [7, 11) is 1.59. The van der Waals surface area contributed by atoms with Gasteiger partial charge in [0.15, 0.2) is 0 Å². The van der Waals surface area contributed by atoms with Crippen LogP contribution in [0.1, 0.15) is 53.9 Å². The normalized spacial score (nSPS) is 19.3. The molecule has 1 unspecified atom stereocenters. The van der Waals surface area contributed by atoms with E-state index < -0.39 is 0 Å². The number of para-hydroxylation sites is 2. The van der Waals surface area contributed by atoms with Crippen molar-refractivity contribution < 1.29 is 14.3 Å². The Morgan fingerprint density at radius 2 is 1.84 bits per heavy atom. The van der Waals surface area contributed by atoms with E-state index in [1.54, 1.807) is 18.4 Å². The molecule has 1 fully saturated rings. The molecule has 4 rings (SSSR count). The van der Waals surface area contributed by atoms with Crippen molar-refractivity contribution in [2.75, 3.05) is 37.4 Å². The van der Waals surface area contributed by atoms with Gasteiger partial charge in [0.25, 0.3) is 5.91 Å². The largest absolute Gasteiger partial charge is 0.495 e. The third-order valence-electron chi connectivity index (χ3n) is 6.59. The van der Waals surface area contributed by atoms with Gasteiger partial charge in [-0.2, -0.15) is 0 Å². The van der Waals surface area contributed by atoms with Crippen LogP contribution in [-0.2, 0) is 17.6 Å². The van der Waals surface area contributed by atoms with Crippen molar-refractivity contribution in [3.63, 3.8) is 0 Å². The van der Waals surface area contributed by atoms with Crippen molar-refractivity contribution in [1.29, 1.82) is 0 Å². The average molecular weight is 456 g/mol. The average Bonchev–Trinajstić information content (AvgIpc) is 3.12. The second-order valence-electron chi connectivity index (χ2n) is 9.22. The maximum atomic E-state index is 13.4. The number of benzene rings is 1. The molecule has 7 heteroatoms. The quantitative estimate of drug-likeness (QED) is 0.656. The highest BCUT2D eigenvalue weighted by Gasteiger charge is 2.29. The molecule has 0 bridgehead atoms. The first-order valence-electron chi connectivity index (χ1n) is 11.6. The Labute approximate surface area is 194 Å². The topological polar surface area (TPSA) is 70.7 Å². The first-order chi connectivity index (χ1) is 15.4. The predicted molar refractivity (Wildman–Crippen MR) is 130 cm³/mol. The molecule has 6 nitrogen and oxygen atoms in total. The molecule has 2 heterocycles. The predicted octanol–water partition coefficient (Wildman–Crippen LogP) is 4.80. The summed E-state index contributed by atoms with van der Waals surface area (Å²) in [6, 6.07) is 7.39. The fourth-order valence-corrected chi connectivity index (χ4v) is 6.03. The molecule has 1 aliphatic heterocycles. The zero-order valence-electron chi connectivity index (χ0n) is 19.2. The summed E-state index contributed by atoms with van der Waals surface area (Å²) in [6.45, 7) is 6.79. The van der Waals surface area contributed by atoms with E-state index in [-0.39, 0.29) is 11.8 Å². The molecule has 2 N–H and O–H groups in total. The maximum absolute atomic E-state index is 13.4. The van der Waals surface area contributed by atoms with Gasteiger partial charge in [0.1, 0.15) is 10.8 Å². The molecule has 2 amide bonds. The Balaban J connectivity index is 1.55. The number of fused-ring (bicyclic) bond motifs is 1. The van der Waals surface area contributed by atoms with Crippen LogP contribution in [0.15, 0.2) is 24.3 Å². The minimum atomic E-state index is -0.191. The zero-order valence-corrected chi connectivity index (χ0v) is 20.0. The number of hydrogen-bond donors (Lipinski definition) is 2. The molecule has 172 valence electrons. The Morgan fingerprint density at radius 3 is 2.59 bits per heavy atom. The van der Waals surface area contributed by atoms with Crippen molar-refractivity contribution in [1.82, 2.24) is 4.90 Å². The minimum Gasteiger partial charge on any atom is -0.495 e. The van der Waals surface area contributed by atoms with E-state index in [9.17, 15) is 9.59 Å². The molecule has 2 aliphatic rings. The van der Waals surface area contributed by atoms with Gasteiger partial charge < -0.3 is 15.4 Å². The van der Waals surface area contributed by atoms with Gasteiger partial charge in [-0.25, -0.2) is 0 Å². The van der Waals surface area contributed by atoms with Crippen LogP contribution in [0.4, 0.5) is 10.7 Å². The molecule has 0 radical (unpaired) electrons. The number of amides is 2. The second kappa shape index (κ2) is 10.0. The number of carbonyl (C=O) groups is 2. The molecule has 1 aromatic heterocycles. The van der Waals surface area contributed by atoms with Crippen molar-refractivity contribution in [3.8, 4) is 5.75 Å². The lowest BCUT2D eigenvalue weighted by Gasteiger charge is -2.29. The van der Waals surface area contributed by atoms with Crippen LogP contribution in [0.2, 0.25) is 0 Å². The second-order valence-corrected chi connectivity index (χ2v) is 10.3. The van der Waals surface area contributed by atoms with Crippen LogP contribution in [0, 0.1) is 11.8 Å². The van der Waals surface area contributed by atoms with Gasteiger partial charge in [-0.1, -0.05) is 26.0 Å². The van der Waals surface area contributed by atoms with E-state index in [0.29, 0.717) is 34.5 Å². The lowest BCUT2D eigenvalue weighted by atomic mass is 9.88. The number of rotatable bonds is 6. The van der Waals surface area contributed by atoms with Crippen LogP contribution in [0.5, 0.6) is 5.75 Å². The van der Waals surface area contributed by atoms with Gasteiger partial charge in [-0.05, 0) is 74.7 Å². The van der Waals surface area contributed by atoms with Crippen LogP contribution in [-0.4, -0.2) is 43.5 Å². The fraction of sp³-hybridized carbons (Fsp3) is 0.520. The summed E-state index contributed by atoms with van der Waals surface area (Å²) >= 11 is 1.56. The van der Waals surface area contributed by atoms with Gasteiger partial charge in [0, 0.05) is 4.88 Å². The molecule has 1 atom stereocenters. The third-order valence-corrected chi connectivity index (χ3v) is 7.76. The number of ether oxygens (including phenoxy) is 1. The number of thiophene rings is 1.